The number of nitrogens with zero attached hydrogens (tertiary/aromatic N) is 2. The van der Waals surface area contributed by atoms with Gasteiger partial charge in [0.05, 0.1) is 11.1 Å². The summed E-state index contributed by atoms with van der Waals surface area (Å²) < 4.78 is 1.05. The maximum absolute atomic E-state index is 6.12. The van der Waals surface area contributed by atoms with Gasteiger partial charge in [-0.1, -0.05) is 35.9 Å². The number of benzene rings is 1. The minimum Gasteiger partial charge on any atom is -0.308 e. The van der Waals surface area contributed by atoms with Crippen LogP contribution in [0.3, 0.4) is 0 Å². The summed E-state index contributed by atoms with van der Waals surface area (Å²) in [6.45, 7) is 5.09. The lowest BCUT2D eigenvalue weighted by atomic mass is 10.2. The fourth-order valence-electron chi connectivity index (χ4n) is 1.55. The van der Waals surface area contributed by atoms with Gasteiger partial charge in [0, 0.05) is 9.13 Å². The highest BCUT2D eigenvalue weighted by Gasteiger charge is 2.12. The Balaban J connectivity index is 2.26. The van der Waals surface area contributed by atoms with E-state index in [-0.39, 0.29) is 6.04 Å². The first-order chi connectivity index (χ1) is 8.61. The molecule has 2 aromatic rings. The molecule has 0 radical (unpaired) electrons. The average Bonchev–Trinajstić information content (AvgIpc) is 2.82. The van der Waals surface area contributed by atoms with Crippen LogP contribution < -0.4 is 5.32 Å². The van der Waals surface area contributed by atoms with Crippen molar-refractivity contribution in [1.29, 1.82) is 0 Å². The Morgan fingerprint density at radius 3 is 2.89 bits per heavy atom. The van der Waals surface area contributed by atoms with Gasteiger partial charge in [-0.25, -0.2) is 0 Å². The molecular weight excluding hydrogens is 381 g/mol. The maximum Gasteiger partial charge on any atom is 0.147 e. The Labute approximate surface area is 129 Å². The highest BCUT2D eigenvalue weighted by atomic mass is 127. The molecule has 1 unspecified atom stereocenters. The van der Waals surface area contributed by atoms with Crippen molar-refractivity contribution in [3.8, 4) is 10.6 Å². The minimum atomic E-state index is 0.237. The van der Waals surface area contributed by atoms with Crippen LogP contribution in [0.5, 0.6) is 0 Å². The smallest absolute Gasteiger partial charge is 0.147 e. The molecule has 2 rings (SSSR count). The van der Waals surface area contributed by atoms with Crippen LogP contribution in [-0.4, -0.2) is 16.7 Å². The summed E-state index contributed by atoms with van der Waals surface area (Å²) in [4.78, 5) is 0. The second-order valence-corrected chi connectivity index (χ2v) is 6.43. The van der Waals surface area contributed by atoms with Gasteiger partial charge < -0.3 is 5.32 Å². The maximum atomic E-state index is 6.12. The molecule has 0 spiro atoms. The number of hydrogen-bond acceptors (Lipinski definition) is 4. The summed E-state index contributed by atoms with van der Waals surface area (Å²) in [6.07, 6.45) is 0. The molecule has 1 aromatic carbocycles. The van der Waals surface area contributed by atoms with E-state index in [1.807, 2.05) is 18.2 Å². The van der Waals surface area contributed by atoms with Crippen molar-refractivity contribution in [2.45, 2.75) is 19.9 Å². The third-order valence-electron chi connectivity index (χ3n) is 2.49. The quantitative estimate of drug-likeness (QED) is 0.794. The van der Waals surface area contributed by atoms with Crippen LogP contribution in [0.15, 0.2) is 18.2 Å². The fourth-order valence-corrected chi connectivity index (χ4v) is 2.93. The van der Waals surface area contributed by atoms with Crippen LogP contribution in [-0.2, 0) is 0 Å². The number of rotatable bonds is 4. The van der Waals surface area contributed by atoms with Gasteiger partial charge >= 0.3 is 0 Å². The molecule has 0 saturated carbocycles. The number of aromatic nitrogens is 2. The van der Waals surface area contributed by atoms with Crippen molar-refractivity contribution in [1.82, 2.24) is 15.5 Å². The number of hydrogen-bond donors (Lipinski definition) is 1. The molecule has 1 atom stereocenters. The van der Waals surface area contributed by atoms with E-state index in [0.29, 0.717) is 0 Å². The lowest BCUT2D eigenvalue weighted by molar-refractivity contribution is 0.590. The monoisotopic (exact) mass is 393 g/mol. The largest absolute Gasteiger partial charge is 0.308 e. The molecule has 1 heterocycles. The third kappa shape index (κ3) is 3.20. The molecule has 3 nitrogen and oxygen atoms in total. The summed E-state index contributed by atoms with van der Waals surface area (Å²) in [6, 6.07) is 6.19. The Morgan fingerprint density at radius 2 is 2.22 bits per heavy atom. The van der Waals surface area contributed by atoms with Crippen molar-refractivity contribution in [3.05, 3.63) is 31.8 Å². The summed E-state index contributed by atoms with van der Waals surface area (Å²) in [5.41, 5.74) is 1.02. The summed E-state index contributed by atoms with van der Waals surface area (Å²) in [5, 5.41) is 14.4. The molecule has 0 aliphatic heterocycles. The van der Waals surface area contributed by atoms with Crippen LogP contribution in [0.25, 0.3) is 10.6 Å². The summed E-state index contributed by atoms with van der Waals surface area (Å²) in [7, 11) is 0. The van der Waals surface area contributed by atoms with Gasteiger partial charge in [-0.05, 0) is 48.2 Å². The van der Waals surface area contributed by atoms with Gasteiger partial charge in [-0.2, -0.15) is 0 Å². The Kier molecular flexibility index (Phi) is 4.94. The first kappa shape index (κ1) is 14.2. The van der Waals surface area contributed by atoms with Gasteiger partial charge in [0.1, 0.15) is 10.0 Å². The van der Waals surface area contributed by atoms with Gasteiger partial charge in [0.15, 0.2) is 0 Å². The topological polar surface area (TPSA) is 37.8 Å². The summed E-state index contributed by atoms with van der Waals surface area (Å²) in [5.74, 6) is 0. The normalized spacial score (nSPS) is 12.7. The Morgan fingerprint density at radius 1 is 1.44 bits per heavy atom. The predicted octanol–water partition coefficient (Wildman–Crippen LogP) is 4.13. The Hall–Kier alpha value is -0.240. The Bertz CT molecular complexity index is 544. The van der Waals surface area contributed by atoms with Crippen molar-refractivity contribution in [2.24, 2.45) is 0 Å². The first-order valence-electron chi connectivity index (χ1n) is 5.64. The van der Waals surface area contributed by atoms with Crippen molar-refractivity contribution in [3.63, 3.8) is 0 Å². The predicted molar refractivity (Wildman–Crippen MR) is 85.2 cm³/mol. The van der Waals surface area contributed by atoms with Gasteiger partial charge in [0.25, 0.3) is 0 Å². The molecule has 0 fully saturated rings. The lowest BCUT2D eigenvalue weighted by Crippen LogP contribution is -2.17. The van der Waals surface area contributed by atoms with E-state index in [4.69, 9.17) is 11.6 Å². The van der Waals surface area contributed by atoms with E-state index in [1.54, 1.807) is 11.3 Å². The third-order valence-corrected chi connectivity index (χ3v) is 5.22. The van der Waals surface area contributed by atoms with E-state index in [0.717, 1.165) is 30.7 Å². The molecule has 0 saturated heterocycles. The van der Waals surface area contributed by atoms with Crippen molar-refractivity contribution >= 4 is 45.5 Å². The number of nitrogens with one attached hydrogen (secondary N) is 1. The highest BCUT2D eigenvalue weighted by Crippen LogP contribution is 2.30. The van der Waals surface area contributed by atoms with Crippen LogP contribution in [0.4, 0.5) is 0 Å². The molecule has 1 aromatic heterocycles. The van der Waals surface area contributed by atoms with E-state index in [1.165, 1.54) is 0 Å². The average molecular weight is 394 g/mol. The van der Waals surface area contributed by atoms with Gasteiger partial charge in [-0.3, -0.25) is 0 Å². The fraction of sp³-hybridized carbons (Fsp3) is 0.333. The van der Waals surface area contributed by atoms with Crippen molar-refractivity contribution in [2.75, 3.05) is 6.54 Å². The standard InChI is InChI=1S/C12H13ClIN3S/c1-3-15-7(2)11-16-17-12(18-11)8-4-5-10(14)9(13)6-8/h4-7,15H,3H2,1-2H3. The van der Waals surface area contributed by atoms with Gasteiger partial charge in [-0.15, -0.1) is 10.2 Å². The van der Waals surface area contributed by atoms with Crippen LogP contribution in [0.2, 0.25) is 5.02 Å². The second-order valence-electron chi connectivity index (χ2n) is 3.85. The SMILES string of the molecule is CCNC(C)c1nnc(-c2ccc(I)c(Cl)c2)s1. The second kappa shape index (κ2) is 6.27. The lowest BCUT2D eigenvalue weighted by Gasteiger charge is -2.06. The molecule has 0 aliphatic carbocycles. The molecule has 6 heteroatoms. The molecule has 1 N–H and O–H groups in total. The van der Waals surface area contributed by atoms with Crippen LogP contribution in [0, 0.1) is 3.57 Å². The van der Waals surface area contributed by atoms with Crippen LogP contribution in [0.1, 0.15) is 24.9 Å². The van der Waals surface area contributed by atoms with E-state index in [9.17, 15) is 0 Å². The molecule has 0 amide bonds. The highest BCUT2D eigenvalue weighted by molar-refractivity contribution is 14.1. The zero-order chi connectivity index (χ0) is 13.1. The molecule has 0 aliphatic rings. The molecular formula is C12H13ClIN3S. The molecule has 0 bridgehead atoms. The minimum absolute atomic E-state index is 0.237. The number of halogens is 2. The molecule has 18 heavy (non-hydrogen) atoms. The van der Waals surface area contributed by atoms with Gasteiger partial charge in [0.2, 0.25) is 0 Å². The zero-order valence-corrected chi connectivity index (χ0v) is 13.8. The zero-order valence-electron chi connectivity index (χ0n) is 10.1. The van der Waals surface area contributed by atoms with E-state index >= 15 is 0 Å². The first-order valence-corrected chi connectivity index (χ1v) is 7.91. The summed E-state index contributed by atoms with van der Waals surface area (Å²) >= 11 is 9.93. The molecule has 96 valence electrons. The van der Waals surface area contributed by atoms with E-state index in [2.05, 4.69) is 52.0 Å². The van der Waals surface area contributed by atoms with Crippen LogP contribution >= 0.6 is 45.5 Å². The van der Waals surface area contributed by atoms with Crippen molar-refractivity contribution < 1.29 is 0 Å². The van der Waals surface area contributed by atoms with E-state index < -0.39 is 0 Å².